The zero-order valence-electron chi connectivity index (χ0n) is 9.68. The largest absolute Gasteiger partial charge is 0.369 e. The first-order valence-electron chi connectivity index (χ1n) is 5.56. The van der Waals surface area contributed by atoms with E-state index in [2.05, 4.69) is 25.6 Å². The van der Waals surface area contributed by atoms with Crippen molar-refractivity contribution in [3.63, 3.8) is 0 Å². The van der Waals surface area contributed by atoms with Gasteiger partial charge in [-0.1, -0.05) is 0 Å². The SMILES string of the molecule is CCNc1cncc(NCCc2nccs2)n1. The summed E-state index contributed by atoms with van der Waals surface area (Å²) >= 11 is 1.67. The lowest BCUT2D eigenvalue weighted by molar-refractivity contribution is 0.981. The lowest BCUT2D eigenvalue weighted by Gasteiger charge is -2.06. The van der Waals surface area contributed by atoms with Gasteiger partial charge in [-0.3, -0.25) is 4.98 Å². The Bertz CT molecular complexity index is 443. The topological polar surface area (TPSA) is 62.7 Å². The lowest BCUT2D eigenvalue weighted by Crippen LogP contribution is -2.08. The van der Waals surface area contributed by atoms with Crippen molar-refractivity contribution in [1.82, 2.24) is 15.0 Å². The maximum absolute atomic E-state index is 4.38. The van der Waals surface area contributed by atoms with Gasteiger partial charge >= 0.3 is 0 Å². The highest BCUT2D eigenvalue weighted by Gasteiger charge is 1.98. The molecule has 0 aliphatic heterocycles. The molecule has 17 heavy (non-hydrogen) atoms. The van der Waals surface area contributed by atoms with Crippen molar-refractivity contribution in [3.8, 4) is 0 Å². The molecule has 6 heteroatoms. The quantitative estimate of drug-likeness (QED) is 0.820. The van der Waals surface area contributed by atoms with Crippen LogP contribution in [0.15, 0.2) is 24.0 Å². The fourth-order valence-corrected chi connectivity index (χ4v) is 2.01. The van der Waals surface area contributed by atoms with Crippen LogP contribution in [0.2, 0.25) is 0 Å². The average molecular weight is 249 g/mol. The molecule has 0 aliphatic carbocycles. The van der Waals surface area contributed by atoms with Gasteiger partial charge in [0.25, 0.3) is 0 Å². The van der Waals surface area contributed by atoms with Crippen molar-refractivity contribution in [3.05, 3.63) is 29.0 Å². The second kappa shape index (κ2) is 6.15. The van der Waals surface area contributed by atoms with E-state index in [1.54, 1.807) is 23.7 Å². The molecule has 2 rings (SSSR count). The van der Waals surface area contributed by atoms with E-state index in [1.807, 2.05) is 18.5 Å². The number of anilines is 2. The number of aromatic nitrogens is 3. The summed E-state index contributed by atoms with van der Waals surface area (Å²) in [6.07, 6.45) is 6.18. The fourth-order valence-electron chi connectivity index (χ4n) is 1.39. The zero-order valence-corrected chi connectivity index (χ0v) is 10.5. The number of rotatable bonds is 6. The summed E-state index contributed by atoms with van der Waals surface area (Å²) in [5.74, 6) is 1.59. The number of hydrogen-bond donors (Lipinski definition) is 2. The lowest BCUT2D eigenvalue weighted by atomic mass is 10.4. The Balaban J connectivity index is 1.84. The molecule has 0 saturated carbocycles. The molecule has 0 aromatic carbocycles. The smallest absolute Gasteiger partial charge is 0.146 e. The number of nitrogens with one attached hydrogen (secondary N) is 2. The summed E-state index contributed by atoms with van der Waals surface area (Å²) in [4.78, 5) is 12.7. The minimum atomic E-state index is 0.792. The molecule has 2 heterocycles. The molecular weight excluding hydrogens is 234 g/mol. The highest BCUT2D eigenvalue weighted by molar-refractivity contribution is 7.09. The highest BCUT2D eigenvalue weighted by atomic mass is 32.1. The molecule has 0 fully saturated rings. The van der Waals surface area contributed by atoms with Crippen LogP contribution in [0.3, 0.4) is 0 Å². The second-order valence-corrected chi connectivity index (χ2v) is 4.40. The zero-order chi connectivity index (χ0) is 11.9. The van der Waals surface area contributed by atoms with E-state index >= 15 is 0 Å². The van der Waals surface area contributed by atoms with Crippen molar-refractivity contribution in [2.75, 3.05) is 23.7 Å². The summed E-state index contributed by atoms with van der Waals surface area (Å²) in [6.45, 7) is 3.69. The van der Waals surface area contributed by atoms with E-state index in [1.165, 1.54) is 0 Å². The predicted octanol–water partition coefficient (Wildman–Crippen LogP) is 2.02. The van der Waals surface area contributed by atoms with E-state index in [0.717, 1.165) is 36.2 Å². The van der Waals surface area contributed by atoms with Crippen LogP contribution in [-0.4, -0.2) is 28.0 Å². The molecule has 0 unspecified atom stereocenters. The number of nitrogens with zero attached hydrogens (tertiary/aromatic N) is 3. The number of hydrogen-bond acceptors (Lipinski definition) is 6. The fraction of sp³-hybridized carbons (Fsp3) is 0.364. The molecule has 2 aromatic heterocycles. The van der Waals surface area contributed by atoms with Crippen molar-refractivity contribution in [1.29, 1.82) is 0 Å². The molecule has 0 aliphatic rings. The molecule has 2 aromatic rings. The Morgan fingerprint density at radius 2 is 2.06 bits per heavy atom. The summed E-state index contributed by atoms with van der Waals surface area (Å²) in [7, 11) is 0. The van der Waals surface area contributed by atoms with Crippen molar-refractivity contribution < 1.29 is 0 Å². The van der Waals surface area contributed by atoms with Crippen LogP contribution in [0.4, 0.5) is 11.6 Å². The minimum absolute atomic E-state index is 0.792. The molecule has 2 N–H and O–H groups in total. The Labute approximate surface area is 104 Å². The van der Waals surface area contributed by atoms with Crippen LogP contribution in [-0.2, 0) is 6.42 Å². The third-order valence-electron chi connectivity index (χ3n) is 2.12. The molecule has 0 bridgehead atoms. The van der Waals surface area contributed by atoms with Crippen LogP contribution >= 0.6 is 11.3 Å². The van der Waals surface area contributed by atoms with Gasteiger partial charge in [-0.15, -0.1) is 11.3 Å². The van der Waals surface area contributed by atoms with Crippen molar-refractivity contribution in [2.45, 2.75) is 13.3 Å². The predicted molar refractivity (Wildman–Crippen MR) is 70.5 cm³/mol. The molecule has 0 saturated heterocycles. The van der Waals surface area contributed by atoms with Gasteiger partial charge in [0.1, 0.15) is 11.6 Å². The van der Waals surface area contributed by atoms with E-state index in [0.29, 0.717) is 0 Å². The monoisotopic (exact) mass is 249 g/mol. The minimum Gasteiger partial charge on any atom is -0.369 e. The normalized spacial score (nSPS) is 10.2. The molecule has 5 nitrogen and oxygen atoms in total. The third kappa shape index (κ3) is 3.67. The summed E-state index contributed by atoms with van der Waals surface area (Å²) in [5, 5.41) is 9.48. The van der Waals surface area contributed by atoms with E-state index in [-0.39, 0.29) is 0 Å². The van der Waals surface area contributed by atoms with Gasteiger partial charge in [-0.05, 0) is 6.92 Å². The summed E-state index contributed by atoms with van der Waals surface area (Å²) in [6, 6.07) is 0. The first kappa shape index (κ1) is 11.8. The van der Waals surface area contributed by atoms with E-state index in [9.17, 15) is 0 Å². The van der Waals surface area contributed by atoms with Gasteiger partial charge in [-0.25, -0.2) is 9.97 Å². The Kier molecular flexibility index (Phi) is 4.26. The van der Waals surface area contributed by atoms with E-state index < -0.39 is 0 Å². The van der Waals surface area contributed by atoms with Gasteiger partial charge < -0.3 is 10.6 Å². The molecule has 0 spiro atoms. The maximum Gasteiger partial charge on any atom is 0.146 e. The standard InChI is InChI=1S/C11H15N5S/c1-2-13-9-7-12-8-10(16-9)14-4-3-11-15-5-6-17-11/h5-8H,2-4H2,1H3,(H2,13,14,16). The Morgan fingerprint density at radius 1 is 1.24 bits per heavy atom. The van der Waals surface area contributed by atoms with Crippen LogP contribution < -0.4 is 10.6 Å². The highest BCUT2D eigenvalue weighted by Crippen LogP contribution is 2.08. The molecule has 90 valence electrons. The molecule has 0 atom stereocenters. The molecular formula is C11H15N5S. The molecule has 0 amide bonds. The van der Waals surface area contributed by atoms with Crippen molar-refractivity contribution >= 4 is 23.0 Å². The van der Waals surface area contributed by atoms with Gasteiger partial charge in [0.05, 0.1) is 17.4 Å². The Hall–Kier alpha value is -1.69. The van der Waals surface area contributed by atoms with Gasteiger partial charge in [0.2, 0.25) is 0 Å². The Morgan fingerprint density at radius 3 is 2.76 bits per heavy atom. The van der Waals surface area contributed by atoms with Crippen LogP contribution in [0.1, 0.15) is 11.9 Å². The van der Waals surface area contributed by atoms with E-state index in [4.69, 9.17) is 0 Å². The van der Waals surface area contributed by atoms with Crippen LogP contribution in [0, 0.1) is 0 Å². The van der Waals surface area contributed by atoms with Crippen molar-refractivity contribution in [2.24, 2.45) is 0 Å². The second-order valence-electron chi connectivity index (χ2n) is 3.42. The third-order valence-corrected chi connectivity index (χ3v) is 2.96. The first-order chi connectivity index (χ1) is 8.38. The first-order valence-corrected chi connectivity index (χ1v) is 6.44. The van der Waals surface area contributed by atoms with Gasteiger partial charge in [0, 0.05) is 31.1 Å². The maximum atomic E-state index is 4.38. The summed E-state index contributed by atoms with van der Waals surface area (Å²) < 4.78 is 0. The summed E-state index contributed by atoms with van der Waals surface area (Å²) in [5.41, 5.74) is 0. The van der Waals surface area contributed by atoms with Gasteiger partial charge in [0.15, 0.2) is 0 Å². The molecule has 0 radical (unpaired) electrons. The van der Waals surface area contributed by atoms with Gasteiger partial charge in [-0.2, -0.15) is 0 Å². The number of thiazole rings is 1. The van der Waals surface area contributed by atoms with Crippen LogP contribution in [0.25, 0.3) is 0 Å². The van der Waals surface area contributed by atoms with Crippen LogP contribution in [0.5, 0.6) is 0 Å². The average Bonchev–Trinajstić information content (AvgIpc) is 2.83.